The van der Waals surface area contributed by atoms with Crippen LogP contribution in [0, 0.1) is 17.0 Å². The number of anilines is 1. The van der Waals surface area contributed by atoms with Gasteiger partial charge in [-0.3, -0.25) is 4.79 Å². The molecule has 0 spiro atoms. The summed E-state index contributed by atoms with van der Waals surface area (Å²) in [5.41, 5.74) is -0.358. The van der Waals surface area contributed by atoms with Gasteiger partial charge in [-0.1, -0.05) is 0 Å². The molecular formula is C12H14F2N2O. The van der Waals surface area contributed by atoms with E-state index >= 15 is 0 Å². The smallest absolute Gasteiger partial charge is 0.231 e. The number of carbonyl (C=O) groups is 1. The lowest BCUT2D eigenvalue weighted by molar-refractivity contribution is -0.123. The van der Waals surface area contributed by atoms with Gasteiger partial charge in [-0.05, 0) is 32.0 Å². The number of benzene rings is 1. The predicted molar refractivity (Wildman–Crippen MR) is 60.6 cm³/mol. The molecule has 5 heteroatoms. The molecule has 0 aliphatic carbocycles. The maximum Gasteiger partial charge on any atom is 0.231 e. The third-order valence-corrected chi connectivity index (χ3v) is 3.04. The molecule has 1 heterocycles. The van der Waals surface area contributed by atoms with Gasteiger partial charge in [0.05, 0.1) is 5.41 Å². The highest BCUT2D eigenvalue weighted by molar-refractivity contribution is 5.95. The summed E-state index contributed by atoms with van der Waals surface area (Å²) in [6, 6.07) is 2.98. The van der Waals surface area contributed by atoms with Crippen LogP contribution in [0.3, 0.4) is 0 Å². The molecule has 1 aromatic carbocycles. The number of hydrogen-bond acceptors (Lipinski definition) is 2. The fourth-order valence-corrected chi connectivity index (χ4v) is 1.92. The molecule has 2 rings (SSSR count). The standard InChI is InChI=1S/C12H14F2N2O/c1-12(2-3-15-7-12)11(17)16-10-5-8(13)4-9(14)6-10/h4-6,15H,2-3,7H2,1H3,(H,16,17). The normalized spacial score (nSPS) is 23.7. The van der Waals surface area contributed by atoms with Crippen molar-refractivity contribution in [1.29, 1.82) is 0 Å². The summed E-state index contributed by atoms with van der Waals surface area (Å²) < 4.78 is 25.9. The highest BCUT2D eigenvalue weighted by Crippen LogP contribution is 2.26. The number of nitrogens with one attached hydrogen (secondary N) is 2. The topological polar surface area (TPSA) is 41.1 Å². The lowest BCUT2D eigenvalue weighted by Crippen LogP contribution is -2.35. The Kier molecular flexibility index (Phi) is 3.11. The van der Waals surface area contributed by atoms with Gasteiger partial charge in [-0.25, -0.2) is 8.78 Å². The molecule has 1 unspecified atom stereocenters. The van der Waals surface area contributed by atoms with Crippen LogP contribution in [0.2, 0.25) is 0 Å². The number of carbonyl (C=O) groups excluding carboxylic acids is 1. The van der Waals surface area contributed by atoms with Crippen LogP contribution in [-0.2, 0) is 4.79 Å². The van der Waals surface area contributed by atoms with Crippen LogP contribution >= 0.6 is 0 Å². The van der Waals surface area contributed by atoms with Crippen LogP contribution < -0.4 is 10.6 Å². The van der Waals surface area contributed by atoms with Crippen molar-refractivity contribution in [2.24, 2.45) is 5.41 Å². The second-order valence-electron chi connectivity index (χ2n) is 4.60. The van der Waals surface area contributed by atoms with Gasteiger partial charge < -0.3 is 10.6 Å². The average Bonchev–Trinajstić information content (AvgIpc) is 2.64. The van der Waals surface area contributed by atoms with Crippen molar-refractivity contribution >= 4 is 11.6 Å². The number of rotatable bonds is 2. The van der Waals surface area contributed by atoms with Crippen molar-refractivity contribution in [3.63, 3.8) is 0 Å². The minimum atomic E-state index is -0.699. The zero-order valence-corrected chi connectivity index (χ0v) is 9.52. The molecule has 0 aromatic heterocycles. The maximum absolute atomic E-state index is 12.9. The summed E-state index contributed by atoms with van der Waals surface area (Å²) in [4.78, 5) is 12.0. The third-order valence-electron chi connectivity index (χ3n) is 3.04. The van der Waals surface area contributed by atoms with Crippen LogP contribution in [-0.4, -0.2) is 19.0 Å². The summed E-state index contributed by atoms with van der Waals surface area (Å²) in [6.07, 6.45) is 0.719. The van der Waals surface area contributed by atoms with Gasteiger partial charge in [-0.2, -0.15) is 0 Å². The van der Waals surface area contributed by atoms with Crippen molar-refractivity contribution in [3.05, 3.63) is 29.8 Å². The molecule has 17 heavy (non-hydrogen) atoms. The molecule has 2 N–H and O–H groups in total. The van der Waals surface area contributed by atoms with E-state index < -0.39 is 17.0 Å². The quantitative estimate of drug-likeness (QED) is 0.829. The van der Waals surface area contributed by atoms with Gasteiger partial charge in [0, 0.05) is 18.3 Å². The van der Waals surface area contributed by atoms with E-state index in [2.05, 4.69) is 10.6 Å². The van der Waals surface area contributed by atoms with Crippen molar-refractivity contribution in [3.8, 4) is 0 Å². The van der Waals surface area contributed by atoms with Gasteiger partial charge in [-0.15, -0.1) is 0 Å². The van der Waals surface area contributed by atoms with E-state index in [9.17, 15) is 13.6 Å². The Balaban J connectivity index is 2.12. The molecule has 1 fully saturated rings. The van der Waals surface area contributed by atoms with Gasteiger partial charge in [0.25, 0.3) is 0 Å². The molecular weight excluding hydrogens is 226 g/mol. The molecule has 1 aromatic rings. The molecule has 0 bridgehead atoms. The number of amides is 1. The van der Waals surface area contributed by atoms with E-state index in [4.69, 9.17) is 0 Å². The molecule has 0 radical (unpaired) electrons. The Morgan fingerprint density at radius 3 is 2.53 bits per heavy atom. The Morgan fingerprint density at radius 2 is 2.00 bits per heavy atom. The van der Waals surface area contributed by atoms with Crippen LogP contribution in [0.4, 0.5) is 14.5 Å². The highest BCUT2D eigenvalue weighted by Gasteiger charge is 2.36. The van der Waals surface area contributed by atoms with Gasteiger partial charge in [0.1, 0.15) is 11.6 Å². The lowest BCUT2D eigenvalue weighted by atomic mass is 9.89. The van der Waals surface area contributed by atoms with E-state index in [1.165, 1.54) is 0 Å². The molecule has 1 amide bonds. The first-order valence-electron chi connectivity index (χ1n) is 5.48. The van der Waals surface area contributed by atoms with E-state index in [1.807, 2.05) is 6.92 Å². The molecule has 1 aliphatic heterocycles. The van der Waals surface area contributed by atoms with E-state index in [-0.39, 0.29) is 11.6 Å². The summed E-state index contributed by atoms with van der Waals surface area (Å²) in [7, 11) is 0. The Morgan fingerprint density at radius 1 is 1.35 bits per heavy atom. The summed E-state index contributed by atoms with van der Waals surface area (Å²) in [5, 5.41) is 5.64. The lowest BCUT2D eigenvalue weighted by Gasteiger charge is -2.21. The first kappa shape index (κ1) is 12.0. The zero-order chi connectivity index (χ0) is 12.5. The SMILES string of the molecule is CC1(C(=O)Nc2cc(F)cc(F)c2)CCNC1. The summed E-state index contributed by atoms with van der Waals surface area (Å²) in [5.74, 6) is -1.61. The largest absolute Gasteiger partial charge is 0.325 e. The Hall–Kier alpha value is -1.49. The molecule has 0 saturated carbocycles. The zero-order valence-electron chi connectivity index (χ0n) is 9.52. The fraction of sp³-hybridized carbons (Fsp3) is 0.417. The van der Waals surface area contributed by atoms with Crippen LogP contribution in [0.15, 0.2) is 18.2 Å². The van der Waals surface area contributed by atoms with Crippen LogP contribution in [0.1, 0.15) is 13.3 Å². The number of halogens is 2. The summed E-state index contributed by atoms with van der Waals surface area (Å²) >= 11 is 0. The minimum Gasteiger partial charge on any atom is -0.325 e. The van der Waals surface area contributed by atoms with Gasteiger partial charge in [0.15, 0.2) is 0 Å². The van der Waals surface area contributed by atoms with Crippen molar-refractivity contribution < 1.29 is 13.6 Å². The van der Waals surface area contributed by atoms with Crippen molar-refractivity contribution in [2.75, 3.05) is 18.4 Å². The molecule has 1 aliphatic rings. The van der Waals surface area contributed by atoms with Crippen molar-refractivity contribution in [1.82, 2.24) is 5.32 Å². The van der Waals surface area contributed by atoms with Crippen molar-refractivity contribution in [2.45, 2.75) is 13.3 Å². The minimum absolute atomic E-state index is 0.153. The predicted octanol–water partition coefficient (Wildman–Crippen LogP) is 1.90. The third kappa shape index (κ3) is 2.61. The maximum atomic E-state index is 12.9. The molecule has 1 atom stereocenters. The van der Waals surface area contributed by atoms with E-state index in [0.29, 0.717) is 6.54 Å². The van der Waals surface area contributed by atoms with Crippen LogP contribution in [0.5, 0.6) is 0 Å². The monoisotopic (exact) mass is 240 g/mol. The van der Waals surface area contributed by atoms with Crippen LogP contribution in [0.25, 0.3) is 0 Å². The Labute approximate surface area is 98.2 Å². The van der Waals surface area contributed by atoms with Gasteiger partial charge >= 0.3 is 0 Å². The summed E-state index contributed by atoms with van der Waals surface area (Å²) in [6.45, 7) is 3.19. The van der Waals surface area contributed by atoms with E-state index in [1.54, 1.807) is 0 Å². The Bertz CT molecular complexity index is 422. The highest BCUT2D eigenvalue weighted by atomic mass is 19.1. The van der Waals surface area contributed by atoms with E-state index in [0.717, 1.165) is 31.2 Å². The molecule has 92 valence electrons. The fourth-order valence-electron chi connectivity index (χ4n) is 1.92. The van der Waals surface area contributed by atoms with Gasteiger partial charge in [0.2, 0.25) is 5.91 Å². The molecule has 1 saturated heterocycles. The second kappa shape index (κ2) is 4.41. The first-order valence-corrected chi connectivity index (χ1v) is 5.48. The first-order chi connectivity index (χ1) is 7.99. The second-order valence-corrected chi connectivity index (χ2v) is 4.60. The molecule has 3 nitrogen and oxygen atoms in total. The number of hydrogen-bond donors (Lipinski definition) is 2. The average molecular weight is 240 g/mol.